The molecule has 4 rings (SSSR count). The van der Waals surface area contributed by atoms with E-state index in [9.17, 15) is 4.79 Å². The van der Waals surface area contributed by atoms with E-state index in [0.717, 1.165) is 30.4 Å². The lowest BCUT2D eigenvalue weighted by atomic mass is 10.3. The van der Waals surface area contributed by atoms with E-state index in [-0.39, 0.29) is 11.7 Å². The van der Waals surface area contributed by atoms with E-state index in [1.54, 1.807) is 17.6 Å². The number of thiazole rings is 1. The van der Waals surface area contributed by atoms with Gasteiger partial charge in [0.2, 0.25) is 0 Å². The first-order valence-corrected chi connectivity index (χ1v) is 11.0. The molecule has 0 atom stereocenters. The van der Waals surface area contributed by atoms with Crippen molar-refractivity contribution in [2.45, 2.75) is 4.34 Å². The van der Waals surface area contributed by atoms with Crippen LogP contribution in [0, 0.1) is 0 Å². The Labute approximate surface area is 178 Å². The van der Waals surface area contributed by atoms with E-state index in [1.165, 1.54) is 11.8 Å². The first-order valence-electron chi connectivity index (χ1n) is 8.42. The van der Waals surface area contributed by atoms with Crippen LogP contribution < -0.4 is 5.43 Å². The fourth-order valence-corrected chi connectivity index (χ4v) is 4.70. The van der Waals surface area contributed by atoms with Crippen molar-refractivity contribution in [1.29, 1.82) is 0 Å². The number of carbonyl (C=O) groups is 1. The normalized spacial score (nSPS) is 11.3. The zero-order valence-electron chi connectivity index (χ0n) is 14.6. The van der Waals surface area contributed by atoms with Crippen LogP contribution in [0.1, 0.15) is 5.69 Å². The summed E-state index contributed by atoms with van der Waals surface area (Å²) in [5.41, 5.74) is 5.44. The molecule has 0 aliphatic heterocycles. The summed E-state index contributed by atoms with van der Waals surface area (Å²) in [6, 6.07) is 19.8. The Morgan fingerprint density at radius 3 is 2.82 bits per heavy atom. The van der Waals surface area contributed by atoms with E-state index in [4.69, 9.17) is 0 Å². The number of rotatable bonds is 6. The molecule has 5 nitrogen and oxygen atoms in total. The van der Waals surface area contributed by atoms with Gasteiger partial charge in [0.05, 0.1) is 27.9 Å². The Morgan fingerprint density at radius 2 is 2.00 bits per heavy atom. The molecule has 0 saturated carbocycles. The number of benzene rings is 2. The van der Waals surface area contributed by atoms with Gasteiger partial charge in [-0.25, -0.2) is 10.4 Å². The monoisotopic (exact) mass is 470 g/mol. The zero-order chi connectivity index (χ0) is 19.3. The molecule has 2 aromatic carbocycles. The number of fused-ring (bicyclic) bond motifs is 1. The molecule has 28 heavy (non-hydrogen) atoms. The lowest BCUT2D eigenvalue weighted by Crippen LogP contribution is -2.19. The highest BCUT2D eigenvalue weighted by molar-refractivity contribution is 9.10. The molecule has 0 radical (unpaired) electrons. The Balaban J connectivity index is 1.34. The molecular weight excluding hydrogens is 456 g/mol. The third-order valence-corrected chi connectivity index (χ3v) is 6.58. The third-order valence-electron chi connectivity index (χ3n) is 3.87. The predicted molar refractivity (Wildman–Crippen MR) is 120 cm³/mol. The van der Waals surface area contributed by atoms with Crippen molar-refractivity contribution in [1.82, 2.24) is 15.0 Å². The second-order valence-corrected chi connectivity index (χ2v) is 8.98. The van der Waals surface area contributed by atoms with E-state index in [0.29, 0.717) is 0 Å². The summed E-state index contributed by atoms with van der Waals surface area (Å²) >= 11 is 6.44. The van der Waals surface area contributed by atoms with Crippen LogP contribution in [0.25, 0.3) is 15.9 Å². The Kier molecular flexibility index (Phi) is 5.90. The minimum absolute atomic E-state index is 0.165. The summed E-state index contributed by atoms with van der Waals surface area (Å²) in [5, 5.41) is 4.09. The molecule has 0 unspecified atom stereocenters. The average molecular weight is 471 g/mol. The highest BCUT2D eigenvalue weighted by Crippen LogP contribution is 2.29. The summed E-state index contributed by atoms with van der Waals surface area (Å²) in [7, 11) is 0. The van der Waals surface area contributed by atoms with Crippen LogP contribution in [-0.2, 0) is 4.79 Å². The van der Waals surface area contributed by atoms with Crippen LogP contribution in [0.4, 0.5) is 0 Å². The van der Waals surface area contributed by atoms with Crippen LogP contribution in [0.3, 0.4) is 0 Å². The minimum Gasteiger partial charge on any atom is -0.316 e. The lowest BCUT2D eigenvalue weighted by Gasteiger charge is -2.06. The molecule has 1 N–H and O–H groups in total. The Morgan fingerprint density at radius 1 is 1.18 bits per heavy atom. The Hall–Kier alpha value is -2.42. The number of aromatic nitrogens is 2. The number of hydrogen-bond acceptors (Lipinski definition) is 5. The summed E-state index contributed by atoms with van der Waals surface area (Å²) in [5.74, 6) is 0.104. The van der Waals surface area contributed by atoms with Gasteiger partial charge in [-0.2, -0.15) is 5.10 Å². The highest BCUT2D eigenvalue weighted by Gasteiger charge is 2.07. The molecule has 2 heterocycles. The zero-order valence-corrected chi connectivity index (χ0v) is 17.8. The maximum atomic E-state index is 12.1. The van der Waals surface area contributed by atoms with Crippen molar-refractivity contribution in [3.8, 4) is 5.69 Å². The minimum atomic E-state index is -0.165. The number of nitrogens with one attached hydrogen (secondary N) is 1. The van der Waals surface area contributed by atoms with Crippen molar-refractivity contribution in [2.24, 2.45) is 5.10 Å². The number of carbonyl (C=O) groups excluding carboxylic acids is 1. The van der Waals surface area contributed by atoms with Gasteiger partial charge in [-0.05, 0) is 48.5 Å². The van der Waals surface area contributed by atoms with Crippen molar-refractivity contribution in [3.63, 3.8) is 0 Å². The maximum absolute atomic E-state index is 12.1. The van der Waals surface area contributed by atoms with E-state index in [2.05, 4.69) is 31.4 Å². The van der Waals surface area contributed by atoms with Gasteiger partial charge in [-0.3, -0.25) is 4.79 Å². The first kappa shape index (κ1) is 18.9. The smallest absolute Gasteiger partial charge is 0.250 e. The van der Waals surface area contributed by atoms with Crippen molar-refractivity contribution >= 4 is 61.4 Å². The van der Waals surface area contributed by atoms with Crippen LogP contribution in [-0.4, -0.2) is 27.4 Å². The largest absolute Gasteiger partial charge is 0.316 e. The summed E-state index contributed by atoms with van der Waals surface area (Å²) in [6.07, 6.45) is 3.59. The number of para-hydroxylation sites is 1. The van der Waals surface area contributed by atoms with E-state index >= 15 is 0 Å². The predicted octanol–water partition coefficient (Wildman–Crippen LogP) is 5.09. The van der Waals surface area contributed by atoms with Gasteiger partial charge in [0.1, 0.15) is 0 Å². The molecule has 2 aromatic heterocycles. The van der Waals surface area contributed by atoms with Gasteiger partial charge in [-0.1, -0.05) is 39.8 Å². The van der Waals surface area contributed by atoms with Gasteiger partial charge in [0.25, 0.3) is 5.91 Å². The van der Waals surface area contributed by atoms with Crippen molar-refractivity contribution in [3.05, 3.63) is 77.0 Å². The number of halogens is 1. The number of hydrogen-bond donors (Lipinski definition) is 1. The van der Waals surface area contributed by atoms with Crippen LogP contribution in [0.15, 0.2) is 80.8 Å². The molecule has 0 aliphatic rings. The summed E-state index contributed by atoms with van der Waals surface area (Å²) in [6.45, 7) is 0. The molecule has 0 aliphatic carbocycles. The fraction of sp³-hybridized carbons (Fsp3) is 0.0500. The molecule has 8 heteroatoms. The third kappa shape index (κ3) is 4.52. The maximum Gasteiger partial charge on any atom is 0.250 e. The van der Waals surface area contributed by atoms with Gasteiger partial charge >= 0.3 is 0 Å². The second-order valence-electron chi connectivity index (χ2n) is 5.81. The molecule has 0 fully saturated rings. The number of nitrogens with zero attached hydrogens (tertiary/aromatic N) is 3. The second kappa shape index (κ2) is 8.72. The number of hydrazone groups is 1. The lowest BCUT2D eigenvalue weighted by molar-refractivity contribution is -0.118. The SMILES string of the molecule is O=C(CSc1nc2ccccc2s1)N/N=C\c1cccn1-c1ccc(Br)cc1. The van der Waals surface area contributed by atoms with Gasteiger partial charge in [0.15, 0.2) is 4.34 Å². The van der Waals surface area contributed by atoms with Gasteiger partial charge in [-0.15, -0.1) is 11.3 Å². The van der Waals surface area contributed by atoms with Crippen LogP contribution in [0.5, 0.6) is 0 Å². The summed E-state index contributed by atoms with van der Waals surface area (Å²) < 4.78 is 5.02. The standard InChI is InChI=1S/C20H15BrN4OS2/c21-14-7-9-15(10-8-14)25-11-3-4-16(25)12-22-24-19(26)13-27-20-23-17-5-1-2-6-18(17)28-20/h1-12H,13H2,(H,24,26)/b22-12-. The van der Waals surface area contributed by atoms with Crippen LogP contribution in [0.2, 0.25) is 0 Å². The van der Waals surface area contributed by atoms with E-state index < -0.39 is 0 Å². The van der Waals surface area contributed by atoms with Crippen molar-refractivity contribution in [2.75, 3.05) is 5.75 Å². The molecule has 140 valence electrons. The van der Waals surface area contributed by atoms with Crippen molar-refractivity contribution < 1.29 is 4.79 Å². The number of thioether (sulfide) groups is 1. The van der Waals surface area contributed by atoms with Gasteiger partial charge < -0.3 is 4.57 Å². The number of amides is 1. The van der Waals surface area contributed by atoms with Crippen LogP contribution >= 0.6 is 39.0 Å². The quantitative estimate of drug-likeness (QED) is 0.242. The topological polar surface area (TPSA) is 59.3 Å². The molecule has 0 spiro atoms. The summed E-state index contributed by atoms with van der Waals surface area (Å²) in [4.78, 5) is 16.6. The average Bonchev–Trinajstić information content (AvgIpc) is 3.33. The molecule has 0 saturated heterocycles. The molecule has 1 amide bonds. The molecular formula is C20H15BrN4OS2. The Bertz CT molecular complexity index is 1100. The molecule has 0 bridgehead atoms. The molecule has 4 aromatic rings. The van der Waals surface area contributed by atoms with E-state index in [1.807, 2.05) is 71.4 Å². The first-order chi connectivity index (χ1) is 13.7. The highest BCUT2D eigenvalue weighted by atomic mass is 79.9. The fourth-order valence-electron chi connectivity index (χ4n) is 2.58. The van der Waals surface area contributed by atoms with Gasteiger partial charge in [0, 0.05) is 16.4 Å².